The van der Waals surface area contributed by atoms with Gasteiger partial charge in [-0.05, 0) is 27.0 Å². The molecule has 2 rings (SSSR count). The van der Waals surface area contributed by atoms with E-state index in [2.05, 4.69) is 16.3 Å². The molecule has 21 heavy (non-hydrogen) atoms. The minimum absolute atomic E-state index is 0.217. The summed E-state index contributed by atoms with van der Waals surface area (Å²) in [5.74, 6) is 0.716. The van der Waals surface area contributed by atoms with Gasteiger partial charge in [0.1, 0.15) is 17.9 Å². The Kier molecular flexibility index (Phi) is 5.20. The van der Waals surface area contributed by atoms with Crippen molar-refractivity contribution < 1.29 is 14.3 Å². The van der Waals surface area contributed by atoms with E-state index in [0.717, 1.165) is 24.4 Å². The minimum Gasteiger partial charge on any atom is -0.492 e. The van der Waals surface area contributed by atoms with Crippen LogP contribution in [0.1, 0.15) is 19.4 Å². The maximum atomic E-state index is 12.2. The van der Waals surface area contributed by atoms with E-state index in [-0.39, 0.29) is 5.97 Å². The molecule has 0 aromatic heterocycles. The maximum Gasteiger partial charge on any atom is 0.327 e. The molecule has 0 radical (unpaired) electrons. The highest BCUT2D eigenvalue weighted by Crippen LogP contribution is 2.23. The lowest BCUT2D eigenvalue weighted by Crippen LogP contribution is -2.56. The lowest BCUT2D eigenvalue weighted by molar-refractivity contribution is -0.151. The molecule has 1 atom stereocenters. The van der Waals surface area contributed by atoms with E-state index in [1.807, 2.05) is 32.0 Å². The van der Waals surface area contributed by atoms with Gasteiger partial charge in [0.2, 0.25) is 0 Å². The van der Waals surface area contributed by atoms with E-state index in [1.165, 1.54) is 0 Å². The number of likely N-dealkylation sites (N-methyl/N-ethyl adjacent to an activating group) is 1. The molecule has 0 saturated carbocycles. The van der Waals surface area contributed by atoms with Gasteiger partial charge < -0.3 is 14.8 Å². The molecule has 0 saturated heterocycles. The van der Waals surface area contributed by atoms with Crippen LogP contribution in [-0.4, -0.2) is 49.8 Å². The van der Waals surface area contributed by atoms with Gasteiger partial charge >= 0.3 is 5.97 Å². The molecule has 5 nitrogen and oxygen atoms in total. The normalized spacial score (nSPS) is 18.0. The second-order valence-electron chi connectivity index (χ2n) is 5.47. The van der Waals surface area contributed by atoms with Crippen LogP contribution in [0.2, 0.25) is 0 Å². The van der Waals surface area contributed by atoms with E-state index in [0.29, 0.717) is 19.8 Å². The molecule has 0 fully saturated rings. The molecule has 0 spiro atoms. The monoisotopic (exact) mass is 292 g/mol. The minimum atomic E-state index is -0.713. The fourth-order valence-corrected chi connectivity index (χ4v) is 2.50. The zero-order valence-corrected chi connectivity index (χ0v) is 13.0. The number of nitrogens with one attached hydrogen (secondary N) is 1. The summed E-state index contributed by atoms with van der Waals surface area (Å²) in [6.45, 7) is 6.85. The number of benzene rings is 1. The first kappa shape index (κ1) is 15.8. The number of fused-ring (bicyclic) bond motifs is 1. The summed E-state index contributed by atoms with van der Waals surface area (Å²) in [6.07, 6.45) is 0. The van der Waals surface area contributed by atoms with Crippen LogP contribution >= 0.6 is 0 Å². The summed E-state index contributed by atoms with van der Waals surface area (Å²) in [5.41, 5.74) is 0.437. The highest BCUT2D eigenvalue weighted by molar-refractivity contribution is 5.80. The third-order valence-corrected chi connectivity index (χ3v) is 3.85. The number of rotatable bonds is 5. The van der Waals surface area contributed by atoms with E-state index >= 15 is 0 Å². The second kappa shape index (κ2) is 6.91. The van der Waals surface area contributed by atoms with Crippen molar-refractivity contribution in [1.82, 2.24) is 10.2 Å². The van der Waals surface area contributed by atoms with Gasteiger partial charge in [0.15, 0.2) is 0 Å². The van der Waals surface area contributed by atoms with Gasteiger partial charge in [-0.2, -0.15) is 0 Å². The van der Waals surface area contributed by atoms with Crippen molar-refractivity contribution in [2.45, 2.75) is 25.9 Å². The molecule has 5 heteroatoms. The van der Waals surface area contributed by atoms with Gasteiger partial charge in [0.25, 0.3) is 0 Å². The van der Waals surface area contributed by atoms with Crippen molar-refractivity contribution in [3.63, 3.8) is 0 Å². The number of esters is 1. The van der Waals surface area contributed by atoms with Crippen molar-refractivity contribution in [2.75, 3.05) is 33.4 Å². The maximum absolute atomic E-state index is 12.2. The molecule has 116 valence electrons. The fourth-order valence-electron chi connectivity index (χ4n) is 2.50. The number of hydrogen-bond donors (Lipinski definition) is 1. The molecule has 1 aromatic rings. The van der Waals surface area contributed by atoms with Crippen molar-refractivity contribution in [1.29, 1.82) is 0 Å². The lowest BCUT2D eigenvalue weighted by atomic mass is 10.0. The first-order chi connectivity index (χ1) is 10.1. The number of carbonyl (C=O) groups is 1. The Balaban J connectivity index is 2.10. The molecule has 0 aliphatic carbocycles. The Morgan fingerprint density at radius 1 is 1.48 bits per heavy atom. The molecule has 0 bridgehead atoms. The van der Waals surface area contributed by atoms with Gasteiger partial charge in [-0.25, -0.2) is 0 Å². The third kappa shape index (κ3) is 3.74. The van der Waals surface area contributed by atoms with E-state index in [4.69, 9.17) is 9.47 Å². The van der Waals surface area contributed by atoms with Crippen molar-refractivity contribution in [2.24, 2.45) is 0 Å². The van der Waals surface area contributed by atoms with Crippen LogP contribution in [-0.2, 0) is 16.1 Å². The molecular formula is C16H24N2O3. The van der Waals surface area contributed by atoms with Crippen LogP contribution in [0.5, 0.6) is 5.75 Å². The van der Waals surface area contributed by atoms with Crippen LogP contribution < -0.4 is 10.1 Å². The molecule has 1 unspecified atom stereocenters. The summed E-state index contributed by atoms with van der Waals surface area (Å²) in [6, 6.07) is 8.04. The Labute approximate surface area is 126 Å². The molecule has 1 N–H and O–H groups in total. The van der Waals surface area contributed by atoms with Gasteiger partial charge in [0, 0.05) is 25.2 Å². The quantitative estimate of drug-likeness (QED) is 0.832. The van der Waals surface area contributed by atoms with Gasteiger partial charge in [0.05, 0.1) is 6.61 Å². The predicted octanol–water partition coefficient (Wildman–Crippen LogP) is 1.42. The van der Waals surface area contributed by atoms with Crippen molar-refractivity contribution in [3.8, 4) is 5.75 Å². The van der Waals surface area contributed by atoms with E-state index in [9.17, 15) is 4.79 Å². The van der Waals surface area contributed by atoms with Gasteiger partial charge in [-0.3, -0.25) is 9.69 Å². The lowest BCUT2D eigenvalue weighted by Gasteiger charge is -2.32. The average Bonchev–Trinajstić information content (AvgIpc) is 2.68. The topological polar surface area (TPSA) is 50.8 Å². The number of hydrogen-bond acceptors (Lipinski definition) is 5. The summed E-state index contributed by atoms with van der Waals surface area (Å²) in [5, 5.41) is 3.10. The Hall–Kier alpha value is -1.59. The summed E-state index contributed by atoms with van der Waals surface area (Å²) in [7, 11) is 1.79. The first-order valence-electron chi connectivity index (χ1n) is 7.38. The highest BCUT2D eigenvalue weighted by atomic mass is 16.5. The second-order valence-corrected chi connectivity index (χ2v) is 5.47. The fraction of sp³-hybridized carbons (Fsp3) is 0.562. The van der Waals surface area contributed by atoms with Crippen molar-refractivity contribution >= 4 is 5.97 Å². The predicted molar refractivity (Wildman–Crippen MR) is 81.3 cm³/mol. The van der Waals surface area contributed by atoms with Crippen molar-refractivity contribution in [3.05, 3.63) is 29.8 Å². The molecule has 0 amide bonds. The molecule has 1 aliphatic rings. The number of nitrogens with zero attached hydrogens (tertiary/aromatic N) is 1. The Morgan fingerprint density at radius 3 is 2.95 bits per heavy atom. The first-order valence-corrected chi connectivity index (χ1v) is 7.38. The van der Waals surface area contributed by atoms with Gasteiger partial charge in [-0.15, -0.1) is 0 Å². The van der Waals surface area contributed by atoms with E-state index in [1.54, 1.807) is 7.05 Å². The number of para-hydroxylation sites is 1. The van der Waals surface area contributed by atoms with Crippen LogP contribution in [0.25, 0.3) is 0 Å². The molecule has 1 heterocycles. The summed E-state index contributed by atoms with van der Waals surface area (Å²) >= 11 is 0. The Morgan fingerprint density at radius 2 is 2.24 bits per heavy atom. The summed E-state index contributed by atoms with van der Waals surface area (Å²) in [4.78, 5) is 14.4. The SMILES string of the molecule is CCOC(=O)C(C)(CN1CCOc2ccccc2C1)NC. The zero-order valence-electron chi connectivity index (χ0n) is 13.0. The average molecular weight is 292 g/mol. The number of carbonyl (C=O) groups excluding carboxylic acids is 1. The van der Waals surface area contributed by atoms with Crippen LogP contribution in [0.4, 0.5) is 0 Å². The van der Waals surface area contributed by atoms with Crippen LogP contribution in [0, 0.1) is 0 Å². The highest BCUT2D eigenvalue weighted by Gasteiger charge is 2.35. The third-order valence-electron chi connectivity index (χ3n) is 3.85. The van der Waals surface area contributed by atoms with E-state index < -0.39 is 5.54 Å². The number of ether oxygens (including phenoxy) is 2. The largest absolute Gasteiger partial charge is 0.492 e. The zero-order chi connectivity index (χ0) is 15.3. The molecular weight excluding hydrogens is 268 g/mol. The Bertz CT molecular complexity index is 492. The molecule has 1 aliphatic heterocycles. The van der Waals surface area contributed by atoms with Crippen LogP contribution in [0.3, 0.4) is 0 Å². The van der Waals surface area contributed by atoms with Gasteiger partial charge in [-0.1, -0.05) is 18.2 Å². The van der Waals surface area contributed by atoms with Crippen LogP contribution in [0.15, 0.2) is 24.3 Å². The summed E-state index contributed by atoms with van der Waals surface area (Å²) < 4.78 is 10.9. The molecule has 1 aromatic carbocycles. The smallest absolute Gasteiger partial charge is 0.327 e. The standard InChI is InChI=1S/C16H24N2O3/c1-4-20-15(19)16(2,17-3)12-18-9-10-21-14-8-6-5-7-13(14)11-18/h5-8,17H,4,9-12H2,1-3H3.